The number of hydrogen-bond acceptors (Lipinski definition) is 3. The molecule has 0 fully saturated rings. The van der Waals surface area contributed by atoms with E-state index < -0.39 is 10.0 Å². The molecule has 2 rings (SSSR count). The summed E-state index contributed by atoms with van der Waals surface area (Å²) < 4.78 is 34.9. The van der Waals surface area contributed by atoms with Gasteiger partial charge >= 0.3 is 0 Å². The van der Waals surface area contributed by atoms with E-state index in [0.717, 1.165) is 35.5 Å². The van der Waals surface area contributed by atoms with Crippen LogP contribution in [-0.2, 0) is 35.6 Å². The molecule has 1 aromatic carbocycles. The molecule has 208 valence electrons. The van der Waals surface area contributed by atoms with Gasteiger partial charge in [0.15, 0.2) is 12.4 Å². The lowest BCUT2D eigenvalue weighted by molar-refractivity contribution is -0.672. The Labute approximate surface area is 227 Å². The number of aromatic nitrogens is 1. The molecule has 0 aliphatic heterocycles. The summed E-state index contributed by atoms with van der Waals surface area (Å²) in [6.07, 6.45) is 18.2. The van der Waals surface area contributed by atoms with Gasteiger partial charge in [-0.3, -0.25) is 0 Å². The molecule has 0 aliphatic carbocycles. The summed E-state index contributed by atoms with van der Waals surface area (Å²) in [5, 5.41) is 0. The van der Waals surface area contributed by atoms with Crippen LogP contribution in [0.15, 0.2) is 42.7 Å². The molecule has 0 atom stereocenters. The Kier molecular flexibility index (Phi) is 13.1. The maximum absolute atomic E-state index is 12.6. The first-order valence-corrected chi connectivity index (χ1v) is 16.0. The third kappa shape index (κ3) is 12.0. The average Bonchev–Trinajstić information content (AvgIpc) is 2.81. The lowest BCUT2D eigenvalue weighted by Gasteiger charge is -2.25. The molecule has 5 nitrogen and oxygen atoms in total. The standard InChI is InChI=1S/C31H51N2O3S/c1-7-8-9-10-11-12-13-14-15-16-22-36-30-20-19-27(23-29(30)31(2,3)4)25-33(37(6,34)35)26-28-18-17-21-32(5)24-28/h17-21,23-24H,7-16,22,25-26H2,1-6H3/q+1. The molecule has 0 aliphatic rings. The van der Waals surface area contributed by atoms with Crippen molar-refractivity contribution in [3.05, 3.63) is 59.4 Å². The summed E-state index contributed by atoms with van der Waals surface area (Å²) in [6, 6.07) is 10.1. The fourth-order valence-electron chi connectivity index (χ4n) is 4.60. The molecule has 0 saturated carbocycles. The van der Waals surface area contributed by atoms with Crippen molar-refractivity contribution in [2.24, 2.45) is 7.05 Å². The van der Waals surface area contributed by atoms with Gasteiger partial charge in [0.25, 0.3) is 0 Å². The van der Waals surface area contributed by atoms with E-state index in [9.17, 15) is 8.42 Å². The topological polar surface area (TPSA) is 50.5 Å². The molecular weight excluding hydrogens is 480 g/mol. The minimum Gasteiger partial charge on any atom is -0.493 e. The van der Waals surface area contributed by atoms with Crippen molar-refractivity contribution in [3.8, 4) is 5.75 Å². The van der Waals surface area contributed by atoms with Crippen molar-refractivity contribution >= 4 is 10.0 Å². The van der Waals surface area contributed by atoms with Gasteiger partial charge in [0.2, 0.25) is 10.0 Å². The molecule has 2 aromatic rings. The Morgan fingerprint density at radius 3 is 2.03 bits per heavy atom. The molecule has 0 amide bonds. The Morgan fingerprint density at radius 2 is 1.46 bits per heavy atom. The third-order valence-electron chi connectivity index (χ3n) is 6.80. The predicted molar refractivity (Wildman–Crippen MR) is 154 cm³/mol. The predicted octanol–water partition coefficient (Wildman–Crippen LogP) is 7.07. The molecule has 0 bridgehead atoms. The van der Waals surface area contributed by atoms with Crippen LogP contribution in [0.5, 0.6) is 5.75 Å². The Hall–Kier alpha value is -1.92. The second-order valence-electron chi connectivity index (χ2n) is 11.5. The van der Waals surface area contributed by atoms with Crippen LogP contribution in [0.2, 0.25) is 0 Å². The molecular formula is C31H51N2O3S+. The minimum atomic E-state index is -3.37. The maximum atomic E-state index is 12.6. The summed E-state index contributed by atoms with van der Waals surface area (Å²) >= 11 is 0. The quantitative estimate of drug-likeness (QED) is 0.162. The highest BCUT2D eigenvalue weighted by molar-refractivity contribution is 7.88. The fourth-order valence-corrected chi connectivity index (χ4v) is 5.37. The third-order valence-corrected chi connectivity index (χ3v) is 7.99. The number of benzene rings is 1. The van der Waals surface area contributed by atoms with Gasteiger partial charge in [0.1, 0.15) is 12.8 Å². The molecule has 0 N–H and O–H groups in total. The van der Waals surface area contributed by atoms with Gasteiger partial charge in [0, 0.05) is 24.7 Å². The summed E-state index contributed by atoms with van der Waals surface area (Å²) in [5.41, 5.74) is 2.95. The van der Waals surface area contributed by atoms with Crippen molar-refractivity contribution in [1.29, 1.82) is 0 Å². The van der Waals surface area contributed by atoms with Crippen LogP contribution < -0.4 is 9.30 Å². The molecule has 0 saturated heterocycles. The highest BCUT2D eigenvalue weighted by Crippen LogP contribution is 2.33. The van der Waals surface area contributed by atoms with Gasteiger partial charge in [-0.1, -0.05) is 97.6 Å². The zero-order valence-electron chi connectivity index (χ0n) is 24.3. The van der Waals surface area contributed by atoms with E-state index in [2.05, 4.69) is 33.8 Å². The SMILES string of the molecule is CCCCCCCCCCCCOc1ccc(CN(Cc2ccc[n+](C)c2)S(C)(=O)=O)cc1C(C)(C)C. The van der Waals surface area contributed by atoms with E-state index in [-0.39, 0.29) is 5.41 Å². The highest BCUT2D eigenvalue weighted by atomic mass is 32.2. The summed E-state index contributed by atoms with van der Waals surface area (Å²) in [5.74, 6) is 0.910. The largest absolute Gasteiger partial charge is 0.493 e. The second kappa shape index (κ2) is 15.5. The molecule has 6 heteroatoms. The van der Waals surface area contributed by atoms with Crippen LogP contribution in [0.1, 0.15) is 109 Å². The number of aryl methyl sites for hydroxylation is 1. The van der Waals surface area contributed by atoms with Gasteiger partial charge in [-0.25, -0.2) is 13.0 Å². The first-order chi connectivity index (χ1) is 17.5. The van der Waals surface area contributed by atoms with Crippen LogP contribution in [0, 0.1) is 0 Å². The Balaban J connectivity index is 1.94. The number of pyridine rings is 1. The monoisotopic (exact) mass is 531 g/mol. The van der Waals surface area contributed by atoms with E-state index in [4.69, 9.17) is 4.74 Å². The minimum absolute atomic E-state index is 0.105. The van der Waals surface area contributed by atoms with Crippen molar-refractivity contribution in [1.82, 2.24) is 4.31 Å². The molecule has 0 radical (unpaired) electrons. The summed E-state index contributed by atoms with van der Waals surface area (Å²) in [4.78, 5) is 0. The van der Waals surface area contributed by atoms with Crippen LogP contribution in [0.25, 0.3) is 0 Å². The van der Waals surface area contributed by atoms with Gasteiger partial charge in [-0.15, -0.1) is 0 Å². The number of sulfonamides is 1. The van der Waals surface area contributed by atoms with Crippen molar-refractivity contribution < 1.29 is 17.7 Å². The van der Waals surface area contributed by atoms with Gasteiger partial charge in [-0.2, -0.15) is 4.31 Å². The average molecular weight is 532 g/mol. The van der Waals surface area contributed by atoms with Gasteiger partial charge in [-0.05, 0) is 35.1 Å². The lowest BCUT2D eigenvalue weighted by Crippen LogP contribution is -2.32. The van der Waals surface area contributed by atoms with Crippen LogP contribution in [0.3, 0.4) is 0 Å². The van der Waals surface area contributed by atoms with E-state index >= 15 is 0 Å². The fraction of sp³-hybridized carbons (Fsp3) is 0.645. The zero-order valence-corrected chi connectivity index (χ0v) is 25.1. The molecule has 0 unspecified atom stereocenters. The van der Waals surface area contributed by atoms with E-state index in [1.807, 2.05) is 48.3 Å². The summed E-state index contributed by atoms with van der Waals surface area (Å²) in [6.45, 7) is 10.2. The highest BCUT2D eigenvalue weighted by Gasteiger charge is 2.23. The number of ether oxygens (including phenoxy) is 1. The van der Waals surface area contributed by atoms with Gasteiger partial charge in [0.05, 0.1) is 12.9 Å². The number of nitrogens with zero attached hydrogens (tertiary/aromatic N) is 2. The Bertz CT molecular complexity index is 1040. The second-order valence-corrected chi connectivity index (χ2v) is 13.5. The zero-order chi connectivity index (χ0) is 27.3. The molecule has 0 spiro atoms. The van der Waals surface area contributed by atoms with Crippen LogP contribution >= 0.6 is 0 Å². The Morgan fingerprint density at radius 1 is 0.865 bits per heavy atom. The lowest BCUT2D eigenvalue weighted by atomic mass is 9.85. The number of rotatable bonds is 17. The normalized spacial score (nSPS) is 12.3. The maximum Gasteiger partial charge on any atom is 0.211 e. The first-order valence-electron chi connectivity index (χ1n) is 14.2. The smallest absolute Gasteiger partial charge is 0.211 e. The van der Waals surface area contributed by atoms with Crippen molar-refractivity contribution in [3.63, 3.8) is 0 Å². The number of hydrogen-bond donors (Lipinski definition) is 0. The first kappa shape index (κ1) is 31.3. The molecule has 37 heavy (non-hydrogen) atoms. The van der Waals surface area contributed by atoms with Crippen LogP contribution in [0.4, 0.5) is 0 Å². The van der Waals surface area contributed by atoms with Crippen LogP contribution in [-0.4, -0.2) is 25.6 Å². The van der Waals surface area contributed by atoms with Crippen molar-refractivity contribution in [2.75, 3.05) is 12.9 Å². The molecule has 1 heterocycles. The van der Waals surface area contributed by atoms with Crippen molar-refractivity contribution in [2.45, 2.75) is 110 Å². The summed E-state index contributed by atoms with van der Waals surface area (Å²) in [7, 11) is -1.43. The number of unbranched alkanes of at least 4 members (excludes halogenated alkanes) is 9. The van der Waals surface area contributed by atoms with Gasteiger partial charge < -0.3 is 4.74 Å². The van der Waals surface area contributed by atoms with E-state index in [1.54, 1.807) is 0 Å². The van der Waals surface area contributed by atoms with E-state index in [1.165, 1.54) is 68.3 Å². The van der Waals surface area contributed by atoms with E-state index in [0.29, 0.717) is 13.1 Å². The molecule has 1 aromatic heterocycles.